The van der Waals surface area contributed by atoms with Gasteiger partial charge in [-0.05, 0) is 32.2 Å². The zero-order valence-corrected chi connectivity index (χ0v) is 12.7. The zero-order valence-electron chi connectivity index (χ0n) is 12.7. The van der Waals surface area contributed by atoms with Crippen LogP contribution < -0.4 is 11.1 Å². The third-order valence-electron chi connectivity index (χ3n) is 4.12. The average molecular weight is 288 g/mol. The van der Waals surface area contributed by atoms with Crippen molar-refractivity contribution < 1.29 is 19.0 Å². The van der Waals surface area contributed by atoms with E-state index in [0.717, 1.165) is 25.7 Å². The van der Waals surface area contributed by atoms with Crippen LogP contribution in [0.15, 0.2) is 0 Å². The highest BCUT2D eigenvalue weighted by Gasteiger charge is 2.46. The molecule has 118 valence electrons. The molecule has 0 spiro atoms. The van der Waals surface area contributed by atoms with Crippen LogP contribution in [0.2, 0.25) is 0 Å². The summed E-state index contributed by atoms with van der Waals surface area (Å²) >= 11 is 0. The molecule has 1 amide bonds. The van der Waals surface area contributed by atoms with Crippen LogP contribution in [0.4, 0.5) is 0 Å². The molecule has 0 aliphatic heterocycles. The first-order valence-electron chi connectivity index (χ1n) is 7.30. The van der Waals surface area contributed by atoms with Gasteiger partial charge in [0.05, 0.1) is 26.4 Å². The molecule has 1 saturated carbocycles. The van der Waals surface area contributed by atoms with Crippen molar-refractivity contribution in [1.29, 1.82) is 0 Å². The van der Waals surface area contributed by atoms with E-state index in [1.54, 1.807) is 7.11 Å². The molecule has 0 bridgehead atoms. The van der Waals surface area contributed by atoms with Crippen molar-refractivity contribution in [2.75, 3.05) is 47.2 Å². The number of carbonyl (C=O) groups is 1. The van der Waals surface area contributed by atoms with Crippen molar-refractivity contribution in [3.8, 4) is 0 Å². The van der Waals surface area contributed by atoms with Gasteiger partial charge in [-0.15, -0.1) is 0 Å². The molecule has 6 heteroatoms. The van der Waals surface area contributed by atoms with E-state index in [9.17, 15) is 4.79 Å². The summed E-state index contributed by atoms with van der Waals surface area (Å²) in [6.07, 6.45) is 3.73. The van der Waals surface area contributed by atoms with E-state index in [0.29, 0.717) is 33.0 Å². The van der Waals surface area contributed by atoms with Crippen LogP contribution in [0.3, 0.4) is 0 Å². The molecular formula is C14H28N2O4. The number of amides is 1. The van der Waals surface area contributed by atoms with Gasteiger partial charge < -0.3 is 25.3 Å². The molecule has 0 aromatic rings. The first kappa shape index (κ1) is 17.4. The summed E-state index contributed by atoms with van der Waals surface area (Å²) in [5.74, 6) is 0.0183. The fraction of sp³-hybridized carbons (Fsp3) is 0.929. The van der Waals surface area contributed by atoms with Crippen molar-refractivity contribution in [3.05, 3.63) is 0 Å². The molecule has 1 rings (SSSR count). The molecule has 0 heterocycles. The number of rotatable bonds is 11. The van der Waals surface area contributed by atoms with E-state index < -0.39 is 5.54 Å². The number of primary amides is 1. The Morgan fingerprint density at radius 1 is 1.25 bits per heavy atom. The summed E-state index contributed by atoms with van der Waals surface area (Å²) in [4.78, 5) is 11.7. The highest BCUT2D eigenvalue weighted by Crippen LogP contribution is 2.37. The Balaban J connectivity index is 2.16. The normalized spacial score (nSPS) is 26.0. The number of nitrogens with two attached hydrogens (primary N) is 1. The van der Waals surface area contributed by atoms with E-state index in [1.165, 1.54) is 0 Å². The van der Waals surface area contributed by atoms with Gasteiger partial charge in [-0.25, -0.2) is 0 Å². The number of carbonyl (C=O) groups excluding carboxylic acids is 1. The van der Waals surface area contributed by atoms with Crippen LogP contribution in [-0.2, 0) is 19.0 Å². The van der Waals surface area contributed by atoms with E-state index in [2.05, 4.69) is 5.32 Å². The summed E-state index contributed by atoms with van der Waals surface area (Å²) in [5, 5.41) is 3.13. The van der Waals surface area contributed by atoms with Crippen molar-refractivity contribution in [2.24, 2.45) is 11.7 Å². The summed E-state index contributed by atoms with van der Waals surface area (Å²) in [7, 11) is 3.46. The van der Waals surface area contributed by atoms with Crippen LogP contribution in [0.25, 0.3) is 0 Å². The van der Waals surface area contributed by atoms with Crippen molar-refractivity contribution in [3.63, 3.8) is 0 Å². The highest BCUT2D eigenvalue weighted by atomic mass is 16.5. The maximum absolute atomic E-state index is 11.7. The van der Waals surface area contributed by atoms with Gasteiger partial charge in [0.2, 0.25) is 5.91 Å². The maximum atomic E-state index is 11.7. The number of hydrogen-bond donors (Lipinski definition) is 2. The van der Waals surface area contributed by atoms with Crippen molar-refractivity contribution in [1.82, 2.24) is 5.32 Å². The zero-order chi connectivity index (χ0) is 14.8. The SMILES string of the molecule is CNC1(C(N)=O)CCCC1CCOCCOCCOC. The second-order valence-corrected chi connectivity index (χ2v) is 5.18. The minimum Gasteiger partial charge on any atom is -0.382 e. The van der Waals surface area contributed by atoms with Crippen LogP contribution in [0, 0.1) is 5.92 Å². The topological polar surface area (TPSA) is 82.8 Å². The van der Waals surface area contributed by atoms with Gasteiger partial charge in [0.25, 0.3) is 0 Å². The molecule has 2 atom stereocenters. The third-order valence-corrected chi connectivity index (χ3v) is 4.12. The van der Waals surface area contributed by atoms with E-state index in [-0.39, 0.29) is 11.8 Å². The summed E-state index contributed by atoms with van der Waals surface area (Å²) in [5.41, 5.74) is 5.01. The van der Waals surface area contributed by atoms with Crippen molar-refractivity contribution >= 4 is 5.91 Å². The fourth-order valence-corrected chi connectivity index (χ4v) is 2.94. The lowest BCUT2D eigenvalue weighted by atomic mass is 9.84. The number of nitrogens with one attached hydrogen (secondary N) is 1. The van der Waals surface area contributed by atoms with E-state index >= 15 is 0 Å². The van der Waals surface area contributed by atoms with Gasteiger partial charge >= 0.3 is 0 Å². The molecule has 1 aliphatic carbocycles. The Kier molecular flexibility index (Phi) is 8.06. The predicted octanol–water partition coefficient (Wildman–Crippen LogP) is 0.300. The van der Waals surface area contributed by atoms with Gasteiger partial charge in [0.1, 0.15) is 5.54 Å². The molecule has 2 unspecified atom stereocenters. The minimum absolute atomic E-state index is 0.245. The molecule has 1 aliphatic rings. The monoisotopic (exact) mass is 288 g/mol. The first-order valence-corrected chi connectivity index (χ1v) is 7.30. The van der Waals surface area contributed by atoms with Crippen molar-refractivity contribution in [2.45, 2.75) is 31.2 Å². The molecule has 1 fully saturated rings. The van der Waals surface area contributed by atoms with E-state index in [4.69, 9.17) is 19.9 Å². The first-order chi connectivity index (χ1) is 9.67. The highest BCUT2D eigenvalue weighted by molar-refractivity contribution is 5.85. The Labute approximate surface area is 121 Å². The molecular weight excluding hydrogens is 260 g/mol. The summed E-state index contributed by atoms with van der Waals surface area (Å²) in [6.45, 7) is 2.97. The lowest BCUT2D eigenvalue weighted by molar-refractivity contribution is -0.126. The van der Waals surface area contributed by atoms with Crippen LogP contribution in [-0.4, -0.2) is 58.6 Å². The maximum Gasteiger partial charge on any atom is 0.238 e. The Hall–Kier alpha value is -0.690. The molecule has 6 nitrogen and oxygen atoms in total. The Morgan fingerprint density at radius 2 is 1.90 bits per heavy atom. The molecule has 0 aromatic heterocycles. The molecule has 0 aromatic carbocycles. The Morgan fingerprint density at radius 3 is 2.50 bits per heavy atom. The van der Waals surface area contributed by atoms with Gasteiger partial charge in [-0.3, -0.25) is 4.79 Å². The largest absolute Gasteiger partial charge is 0.382 e. The molecule has 3 N–H and O–H groups in total. The quantitative estimate of drug-likeness (QED) is 0.534. The lowest BCUT2D eigenvalue weighted by Crippen LogP contribution is -2.56. The van der Waals surface area contributed by atoms with Crippen LogP contribution in [0.1, 0.15) is 25.7 Å². The average Bonchev–Trinajstić information content (AvgIpc) is 2.86. The molecule has 0 saturated heterocycles. The third kappa shape index (κ3) is 4.70. The number of likely N-dealkylation sites (N-methyl/N-ethyl adjacent to an activating group) is 1. The van der Waals surface area contributed by atoms with E-state index in [1.807, 2.05) is 7.05 Å². The predicted molar refractivity (Wildman–Crippen MR) is 76.5 cm³/mol. The summed E-state index contributed by atoms with van der Waals surface area (Å²) in [6, 6.07) is 0. The van der Waals surface area contributed by atoms with Crippen LogP contribution in [0.5, 0.6) is 0 Å². The van der Waals surface area contributed by atoms with Gasteiger partial charge in [-0.2, -0.15) is 0 Å². The second kappa shape index (κ2) is 9.28. The number of hydrogen-bond acceptors (Lipinski definition) is 5. The molecule has 0 radical (unpaired) electrons. The van der Waals surface area contributed by atoms with Gasteiger partial charge in [0, 0.05) is 13.7 Å². The number of ether oxygens (including phenoxy) is 3. The van der Waals surface area contributed by atoms with Crippen LogP contribution >= 0.6 is 0 Å². The van der Waals surface area contributed by atoms with Gasteiger partial charge in [-0.1, -0.05) is 6.42 Å². The standard InChI is InChI=1S/C14H28N2O4/c1-16-14(13(15)17)6-3-4-12(14)5-7-19-10-11-20-9-8-18-2/h12,16H,3-11H2,1-2H3,(H2,15,17). The number of methoxy groups -OCH3 is 1. The Bertz CT molecular complexity index is 288. The fourth-order valence-electron chi connectivity index (χ4n) is 2.94. The summed E-state index contributed by atoms with van der Waals surface area (Å²) < 4.78 is 15.7. The molecule has 20 heavy (non-hydrogen) atoms. The van der Waals surface area contributed by atoms with Gasteiger partial charge in [0.15, 0.2) is 0 Å². The lowest BCUT2D eigenvalue weighted by Gasteiger charge is -2.32. The smallest absolute Gasteiger partial charge is 0.238 e. The second-order valence-electron chi connectivity index (χ2n) is 5.18. The minimum atomic E-state index is -0.543.